The molecule has 0 saturated heterocycles. The summed E-state index contributed by atoms with van der Waals surface area (Å²) in [7, 11) is -3.57. The molecule has 96 valence electrons. The highest BCUT2D eigenvalue weighted by Crippen LogP contribution is 2.11. The van der Waals surface area contributed by atoms with Gasteiger partial charge in [0.2, 0.25) is 10.0 Å². The molecule has 1 N–H and O–H groups in total. The largest absolute Gasteiger partial charge is 0.295 e. The summed E-state index contributed by atoms with van der Waals surface area (Å²) >= 11 is 0. The van der Waals surface area contributed by atoms with Crippen LogP contribution >= 0.6 is 0 Å². The number of carbonyl (C=O) groups is 1. The minimum absolute atomic E-state index is 0.0934. The smallest absolute Gasteiger partial charge is 0.240 e. The van der Waals surface area contributed by atoms with E-state index in [1.165, 1.54) is 19.1 Å². The van der Waals surface area contributed by atoms with Gasteiger partial charge in [-0.15, -0.1) is 12.3 Å². The molecule has 0 radical (unpaired) electrons. The zero-order valence-electron chi connectivity index (χ0n) is 10.1. The second-order valence-corrected chi connectivity index (χ2v) is 5.56. The fourth-order valence-corrected chi connectivity index (χ4v) is 2.48. The van der Waals surface area contributed by atoms with E-state index >= 15 is 0 Å². The first kappa shape index (κ1) is 14.4. The number of terminal acetylenes is 1. The molecule has 4 nitrogen and oxygen atoms in total. The van der Waals surface area contributed by atoms with Crippen molar-refractivity contribution in [3.63, 3.8) is 0 Å². The fraction of sp³-hybridized carbons (Fsp3) is 0.308. The summed E-state index contributed by atoms with van der Waals surface area (Å²) in [5.41, 5.74) is 0.376. The molecule has 0 saturated carbocycles. The van der Waals surface area contributed by atoms with Gasteiger partial charge in [0.15, 0.2) is 5.78 Å². The summed E-state index contributed by atoms with van der Waals surface area (Å²) in [6.07, 6.45) is 6.19. The SMILES string of the molecule is C#CCCCNS(=O)(=O)c1cccc(C(C)=O)c1. The molecule has 0 fully saturated rings. The lowest BCUT2D eigenvalue weighted by atomic mass is 10.2. The van der Waals surface area contributed by atoms with Gasteiger partial charge in [-0.1, -0.05) is 12.1 Å². The van der Waals surface area contributed by atoms with Crippen molar-refractivity contribution >= 4 is 15.8 Å². The minimum atomic E-state index is -3.57. The van der Waals surface area contributed by atoms with Gasteiger partial charge in [0.05, 0.1) is 4.90 Å². The Morgan fingerprint density at radius 1 is 1.44 bits per heavy atom. The van der Waals surface area contributed by atoms with E-state index in [0.717, 1.165) is 0 Å². The van der Waals surface area contributed by atoms with Crippen molar-refractivity contribution < 1.29 is 13.2 Å². The van der Waals surface area contributed by atoms with E-state index in [1.807, 2.05) is 0 Å². The Kier molecular flexibility index (Phi) is 5.08. The highest BCUT2D eigenvalue weighted by atomic mass is 32.2. The molecule has 0 aliphatic heterocycles. The number of carbonyl (C=O) groups excluding carboxylic acids is 1. The van der Waals surface area contributed by atoms with Gasteiger partial charge in [-0.2, -0.15) is 0 Å². The number of Topliss-reactive ketones (excluding diaryl/α,β-unsaturated/α-hetero) is 1. The molecule has 0 bridgehead atoms. The summed E-state index contributed by atoms with van der Waals surface area (Å²) in [5.74, 6) is 2.27. The van der Waals surface area contributed by atoms with E-state index in [4.69, 9.17) is 6.42 Å². The van der Waals surface area contributed by atoms with Crippen LogP contribution in [0, 0.1) is 12.3 Å². The number of benzene rings is 1. The maximum atomic E-state index is 11.9. The third-order valence-electron chi connectivity index (χ3n) is 2.34. The Labute approximate surface area is 107 Å². The van der Waals surface area contributed by atoms with Crippen LogP contribution in [-0.4, -0.2) is 20.7 Å². The average Bonchev–Trinajstić information content (AvgIpc) is 2.35. The molecule has 0 atom stereocenters. The average molecular weight is 265 g/mol. The predicted molar refractivity (Wildman–Crippen MR) is 69.7 cm³/mol. The molecule has 1 aromatic rings. The van der Waals surface area contributed by atoms with Crippen LogP contribution in [-0.2, 0) is 10.0 Å². The van der Waals surface area contributed by atoms with Crippen LogP contribution in [0.1, 0.15) is 30.1 Å². The number of unbranched alkanes of at least 4 members (excludes halogenated alkanes) is 1. The first-order chi connectivity index (χ1) is 8.47. The van der Waals surface area contributed by atoms with Gasteiger partial charge in [-0.3, -0.25) is 4.79 Å². The van der Waals surface area contributed by atoms with Crippen LogP contribution in [0.2, 0.25) is 0 Å². The minimum Gasteiger partial charge on any atom is -0.295 e. The zero-order chi connectivity index (χ0) is 13.6. The quantitative estimate of drug-likeness (QED) is 0.482. The normalized spacial score (nSPS) is 10.9. The number of hydrogen-bond donors (Lipinski definition) is 1. The van der Waals surface area contributed by atoms with Crippen molar-refractivity contribution in [2.45, 2.75) is 24.7 Å². The number of sulfonamides is 1. The predicted octanol–water partition coefficient (Wildman–Crippen LogP) is 1.58. The number of rotatable bonds is 6. The van der Waals surface area contributed by atoms with Crippen LogP contribution in [0.4, 0.5) is 0 Å². The molecule has 0 heterocycles. The van der Waals surface area contributed by atoms with E-state index in [9.17, 15) is 13.2 Å². The molecule has 0 unspecified atom stereocenters. The maximum absolute atomic E-state index is 11.9. The fourth-order valence-electron chi connectivity index (χ4n) is 1.36. The summed E-state index contributed by atoms with van der Waals surface area (Å²) in [6.45, 7) is 1.68. The third kappa shape index (κ3) is 3.99. The first-order valence-electron chi connectivity index (χ1n) is 5.51. The Bertz CT molecular complexity index is 570. The Morgan fingerprint density at radius 3 is 2.78 bits per heavy atom. The van der Waals surface area contributed by atoms with Crippen molar-refractivity contribution in [3.8, 4) is 12.3 Å². The van der Waals surface area contributed by atoms with Gasteiger partial charge in [0.1, 0.15) is 0 Å². The van der Waals surface area contributed by atoms with Crippen LogP contribution in [0.25, 0.3) is 0 Å². The summed E-state index contributed by atoms with van der Waals surface area (Å²) < 4.78 is 26.2. The number of hydrogen-bond acceptors (Lipinski definition) is 3. The van der Waals surface area contributed by atoms with Crippen molar-refractivity contribution in [3.05, 3.63) is 29.8 Å². The molecule has 5 heteroatoms. The second kappa shape index (κ2) is 6.34. The molecular weight excluding hydrogens is 250 g/mol. The van der Waals surface area contributed by atoms with Gasteiger partial charge in [0, 0.05) is 18.5 Å². The van der Waals surface area contributed by atoms with Gasteiger partial charge < -0.3 is 0 Å². The van der Waals surface area contributed by atoms with Crippen molar-refractivity contribution in [1.29, 1.82) is 0 Å². The maximum Gasteiger partial charge on any atom is 0.240 e. The molecule has 0 amide bonds. The second-order valence-electron chi connectivity index (χ2n) is 3.79. The van der Waals surface area contributed by atoms with Crippen molar-refractivity contribution in [1.82, 2.24) is 4.72 Å². The lowest BCUT2D eigenvalue weighted by molar-refractivity contribution is 0.101. The number of nitrogens with one attached hydrogen (secondary N) is 1. The Hall–Kier alpha value is -1.64. The summed E-state index contributed by atoms with van der Waals surface area (Å²) in [6, 6.07) is 5.95. The summed E-state index contributed by atoms with van der Waals surface area (Å²) in [5, 5.41) is 0. The molecule has 1 aromatic carbocycles. The molecule has 1 rings (SSSR count). The highest BCUT2D eigenvalue weighted by Gasteiger charge is 2.14. The van der Waals surface area contributed by atoms with E-state index < -0.39 is 10.0 Å². The molecule has 0 aromatic heterocycles. The van der Waals surface area contributed by atoms with E-state index in [1.54, 1.807) is 12.1 Å². The monoisotopic (exact) mass is 265 g/mol. The van der Waals surface area contributed by atoms with E-state index in [-0.39, 0.29) is 17.2 Å². The van der Waals surface area contributed by atoms with Crippen LogP contribution < -0.4 is 4.72 Å². The third-order valence-corrected chi connectivity index (χ3v) is 3.80. The van der Waals surface area contributed by atoms with E-state index in [0.29, 0.717) is 18.4 Å². The standard InChI is InChI=1S/C13H15NO3S/c1-3-4-5-9-14-18(16,17)13-8-6-7-12(10-13)11(2)15/h1,6-8,10,14H,4-5,9H2,2H3. The summed E-state index contributed by atoms with van der Waals surface area (Å²) in [4.78, 5) is 11.3. The molecule has 0 spiro atoms. The van der Waals surface area contributed by atoms with Crippen molar-refractivity contribution in [2.24, 2.45) is 0 Å². The topological polar surface area (TPSA) is 63.2 Å². The van der Waals surface area contributed by atoms with Crippen LogP contribution in [0.5, 0.6) is 0 Å². The van der Waals surface area contributed by atoms with Gasteiger partial charge in [-0.05, 0) is 25.5 Å². The number of ketones is 1. The van der Waals surface area contributed by atoms with Gasteiger partial charge in [-0.25, -0.2) is 13.1 Å². The molecule has 0 aliphatic rings. The first-order valence-corrected chi connectivity index (χ1v) is 7.00. The van der Waals surface area contributed by atoms with Crippen LogP contribution in [0.15, 0.2) is 29.2 Å². The highest BCUT2D eigenvalue weighted by molar-refractivity contribution is 7.89. The Balaban J connectivity index is 2.82. The lowest BCUT2D eigenvalue weighted by Crippen LogP contribution is -2.24. The Morgan fingerprint density at radius 2 is 2.17 bits per heavy atom. The van der Waals surface area contributed by atoms with Gasteiger partial charge >= 0.3 is 0 Å². The van der Waals surface area contributed by atoms with Gasteiger partial charge in [0.25, 0.3) is 0 Å². The molecule has 18 heavy (non-hydrogen) atoms. The lowest BCUT2D eigenvalue weighted by Gasteiger charge is -2.06. The zero-order valence-corrected chi connectivity index (χ0v) is 11.0. The molecular formula is C13H15NO3S. The molecule has 0 aliphatic carbocycles. The van der Waals surface area contributed by atoms with Crippen LogP contribution in [0.3, 0.4) is 0 Å². The van der Waals surface area contributed by atoms with Crippen molar-refractivity contribution in [2.75, 3.05) is 6.54 Å². The van der Waals surface area contributed by atoms with E-state index in [2.05, 4.69) is 10.6 Å².